The molecule has 1 fully saturated rings. The van der Waals surface area contributed by atoms with Crippen LogP contribution in [0.3, 0.4) is 0 Å². The smallest absolute Gasteiger partial charge is 0.193 e. The number of piperazine rings is 1. The lowest BCUT2D eigenvalue weighted by Gasteiger charge is -2.36. The van der Waals surface area contributed by atoms with E-state index < -0.39 is 9.84 Å². The van der Waals surface area contributed by atoms with Crippen LogP contribution in [0.2, 0.25) is 0 Å². The van der Waals surface area contributed by atoms with Gasteiger partial charge in [0, 0.05) is 58.1 Å². The number of hydrogen-bond acceptors (Lipinski definition) is 7. The van der Waals surface area contributed by atoms with Crippen LogP contribution in [0.4, 0.5) is 0 Å². The third-order valence-electron chi connectivity index (χ3n) is 4.89. The van der Waals surface area contributed by atoms with Gasteiger partial charge in [0.15, 0.2) is 5.96 Å². The van der Waals surface area contributed by atoms with E-state index in [9.17, 15) is 8.42 Å². The molecule has 1 heterocycles. The Bertz CT molecular complexity index is 792. The van der Waals surface area contributed by atoms with E-state index in [1.807, 2.05) is 18.2 Å². The first-order chi connectivity index (χ1) is 14.4. The van der Waals surface area contributed by atoms with Gasteiger partial charge in [-0.15, -0.1) is 0 Å². The minimum atomic E-state index is -2.98. The van der Waals surface area contributed by atoms with Gasteiger partial charge in [-0.25, -0.2) is 8.42 Å². The summed E-state index contributed by atoms with van der Waals surface area (Å²) in [5.41, 5.74) is 1.11. The van der Waals surface area contributed by atoms with Gasteiger partial charge in [0.2, 0.25) is 0 Å². The van der Waals surface area contributed by atoms with Gasteiger partial charge in [-0.3, -0.25) is 9.89 Å². The molecule has 1 aliphatic rings. The number of benzene rings is 1. The van der Waals surface area contributed by atoms with Gasteiger partial charge in [-0.1, -0.05) is 0 Å². The molecule has 30 heavy (non-hydrogen) atoms. The molecular formula is C20H34N4O5S. The zero-order valence-electron chi connectivity index (χ0n) is 18.4. The molecule has 0 bridgehead atoms. The van der Waals surface area contributed by atoms with Crippen LogP contribution in [0.5, 0.6) is 11.5 Å². The SMILES string of the molecule is CN=C(NCCOCCS(C)(=O)=O)N1CCN(Cc2cc(OC)ccc2OC)CC1. The summed E-state index contributed by atoms with van der Waals surface area (Å²) in [5.74, 6) is 2.57. The molecule has 0 amide bonds. The van der Waals surface area contributed by atoms with Crippen LogP contribution >= 0.6 is 0 Å². The maximum Gasteiger partial charge on any atom is 0.193 e. The van der Waals surface area contributed by atoms with Crippen molar-refractivity contribution in [3.63, 3.8) is 0 Å². The monoisotopic (exact) mass is 442 g/mol. The Morgan fingerprint density at radius 1 is 1.13 bits per heavy atom. The van der Waals surface area contributed by atoms with Crippen LogP contribution in [0.1, 0.15) is 5.56 Å². The van der Waals surface area contributed by atoms with Crippen molar-refractivity contribution in [3.8, 4) is 11.5 Å². The molecule has 1 aliphatic heterocycles. The molecule has 10 heteroatoms. The Balaban J connectivity index is 1.76. The van der Waals surface area contributed by atoms with Gasteiger partial charge in [0.05, 0.1) is 33.2 Å². The summed E-state index contributed by atoms with van der Waals surface area (Å²) in [4.78, 5) is 8.96. The lowest BCUT2D eigenvalue weighted by atomic mass is 10.1. The van der Waals surface area contributed by atoms with E-state index in [1.54, 1.807) is 21.3 Å². The van der Waals surface area contributed by atoms with Crippen molar-refractivity contribution < 1.29 is 22.6 Å². The fourth-order valence-corrected chi connectivity index (χ4v) is 3.66. The second-order valence-corrected chi connectivity index (χ2v) is 9.42. The molecule has 0 aromatic heterocycles. The number of guanidine groups is 1. The average Bonchev–Trinajstić information content (AvgIpc) is 2.73. The molecule has 0 saturated carbocycles. The summed E-state index contributed by atoms with van der Waals surface area (Å²) >= 11 is 0. The van der Waals surface area contributed by atoms with Gasteiger partial charge in [-0.05, 0) is 18.2 Å². The predicted molar refractivity (Wildman–Crippen MR) is 118 cm³/mol. The molecule has 1 saturated heterocycles. The lowest BCUT2D eigenvalue weighted by Crippen LogP contribution is -2.52. The molecule has 1 aromatic rings. The van der Waals surface area contributed by atoms with Gasteiger partial charge in [0.1, 0.15) is 21.3 Å². The van der Waals surface area contributed by atoms with Crippen LogP contribution in [0.25, 0.3) is 0 Å². The standard InChI is InChI=1S/C20H34N4O5S/c1-21-20(22-7-12-29-13-14-30(4,25)26)24-10-8-23(9-11-24)16-17-15-18(27-2)5-6-19(17)28-3/h5-6,15H,7-14,16H2,1-4H3,(H,21,22). The second-order valence-electron chi connectivity index (χ2n) is 7.16. The van der Waals surface area contributed by atoms with E-state index in [4.69, 9.17) is 14.2 Å². The molecule has 0 spiro atoms. The van der Waals surface area contributed by atoms with E-state index in [0.717, 1.165) is 55.7 Å². The number of sulfone groups is 1. The fourth-order valence-electron chi connectivity index (χ4n) is 3.24. The van der Waals surface area contributed by atoms with Crippen molar-refractivity contribution in [2.75, 3.05) is 79.2 Å². The topological polar surface area (TPSA) is 92.7 Å². The molecule has 9 nitrogen and oxygen atoms in total. The third-order valence-corrected chi connectivity index (χ3v) is 5.80. The van der Waals surface area contributed by atoms with Crippen molar-refractivity contribution in [2.45, 2.75) is 6.54 Å². The van der Waals surface area contributed by atoms with E-state index in [0.29, 0.717) is 13.2 Å². The van der Waals surface area contributed by atoms with Crippen LogP contribution in [0, 0.1) is 0 Å². The number of nitrogens with one attached hydrogen (secondary N) is 1. The van der Waals surface area contributed by atoms with E-state index in [-0.39, 0.29) is 12.4 Å². The summed E-state index contributed by atoms with van der Waals surface area (Å²) in [6.45, 7) is 5.57. The highest BCUT2D eigenvalue weighted by Crippen LogP contribution is 2.25. The van der Waals surface area contributed by atoms with Crippen molar-refractivity contribution in [3.05, 3.63) is 23.8 Å². The van der Waals surface area contributed by atoms with E-state index >= 15 is 0 Å². The minimum Gasteiger partial charge on any atom is -0.497 e. The zero-order chi connectivity index (χ0) is 22.0. The first-order valence-corrected chi connectivity index (χ1v) is 12.1. The number of methoxy groups -OCH3 is 2. The van der Waals surface area contributed by atoms with Crippen molar-refractivity contribution in [1.82, 2.24) is 15.1 Å². The number of hydrogen-bond donors (Lipinski definition) is 1. The zero-order valence-corrected chi connectivity index (χ0v) is 19.2. The maximum atomic E-state index is 11.1. The molecule has 170 valence electrons. The first-order valence-electron chi connectivity index (χ1n) is 10.0. The largest absolute Gasteiger partial charge is 0.497 e. The second kappa shape index (κ2) is 12.0. The van der Waals surface area contributed by atoms with Gasteiger partial charge >= 0.3 is 0 Å². The Hall–Kier alpha value is -2.04. The molecule has 1 N–H and O–H groups in total. The molecular weight excluding hydrogens is 408 g/mol. The minimum absolute atomic E-state index is 0.0434. The molecule has 2 rings (SSSR count). The van der Waals surface area contributed by atoms with Crippen molar-refractivity contribution >= 4 is 15.8 Å². The van der Waals surface area contributed by atoms with E-state index in [2.05, 4.69) is 20.1 Å². The number of aliphatic imine (C=N–C) groups is 1. The first kappa shape index (κ1) is 24.2. The number of ether oxygens (including phenoxy) is 3. The van der Waals surface area contributed by atoms with Crippen LogP contribution in [0.15, 0.2) is 23.2 Å². The van der Waals surface area contributed by atoms with Crippen molar-refractivity contribution in [1.29, 1.82) is 0 Å². The fraction of sp³-hybridized carbons (Fsp3) is 0.650. The average molecular weight is 443 g/mol. The van der Waals surface area contributed by atoms with Gasteiger partial charge in [0.25, 0.3) is 0 Å². The normalized spacial score (nSPS) is 15.9. The lowest BCUT2D eigenvalue weighted by molar-refractivity contribution is 0.150. The van der Waals surface area contributed by atoms with Crippen LogP contribution in [-0.4, -0.2) is 103 Å². The molecule has 0 atom stereocenters. The number of nitrogens with zero attached hydrogens (tertiary/aromatic N) is 3. The Labute approximate surface area is 179 Å². The van der Waals surface area contributed by atoms with Gasteiger partial charge in [-0.2, -0.15) is 0 Å². The Morgan fingerprint density at radius 3 is 2.47 bits per heavy atom. The Kier molecular flexibility index (Phi) is 9.67. The summed E-state index contributed by atoms with van der Waals surface area (Å²) < 4.78 is 38.4. The molecule has 1 aromatic carbocycles. The number of rotatable bonds is 10. The summed E-state index contributed by atoms with van der Waals surface area (Å²) in [6, 6.07) is 5.87. The quantitative estimate of drug-likeness (QED) is 0.317. The molecule has 0 radical (unpaired) electrons. The third kappa shape index (κ3) is 8.00. The summed E-state index contributed by atoms with van der Waals surface area (Å²) in [7, 11) is 2.13. The maximum absolute atomic E-state index is 11.1. The van der Waals surface area contributed by atoms with Crippen LogP contribution in [-0.2, 0) is 21.1 Å². The highest BCUT2D eigenvalue weighted by molar-refractivity contribution is 7.90. The highest BCUT2D eigenvalue weighted by atomic mass is 32.2. The molecule has 0 unspecified atom stereocenters. The Morgan fingerprint density at radius 2 is 1.87 bits per heavy atom. The van der Waals surface area contributed by atoms with E-state index in [1.165, 1.54) is 6.26 Å². The molecule has 0 aliphatic carbocycles. The summed E-state index contributed by atoms with van der Waals surface area (Å²) in [6.07, 6.45) is 1.21. The van der Waals surface area contributed by atoms with Crippen LogP contribution < -0.4 is 14.8 Å². The van der Waals surface area contributed by atoms with Crippen molar-refractivity contribution in [2.24, 2.45) is 4.99 Å². The highest BCUT2D eigenvalue weighted by Gasteiger charge is 2.20. The van der Waals surface area contributed by atoms with Gasteiger partial charge < -0.3 is 24.4 Å². The predicted octanol–water partition coefficient (Wildman–Crippen LogP) is 0.458. The summed E-state index contributed by atoms with van der Waals surface area (Å²) in [5, 5.41) is 3.28.